The van der Waals surface area contributed by atoms with Crippen molar-refractivity contribution in [3.05, 3.63) is 131 Å². The van der Waals surface area contributed by atoms with Crippen molar-refractivity contribution in [3.63, 3.8) is 0 Å². The summed E-state index contributed by atoms with van der Waals surface area (Å²) in [6.45, 7) is 14.7. The molecule has 24 nitrogen and oxygen atoms in total. The minimum atomic E-state index is -0.0766. The molecule has 8 aromatic rings. The van der Waals surface area contributed by atoms with Crippen LogP contribution in [0.4, 0.5) is 11.6 Å². The number of unbranched alkanes of at least 4 members (excludes halogenated alkanes) is 2. The van der Waals surface area contributed by atoms with E-state index in [2.05, 4.69) is 90.6 Å². The third kappa shape index (κ3) is 27.7. The molecule has 4 aromatic heterocycles. The minimum Gasteiger partial charge on any atom is -0.382 e. The van der Waals surface area contributed by atoms with Crippen LogP contribution in [0.3, 0.4) is 0 Å². The zero-order valence-corrected chi connectivity index (χ0v) is 59.4. The lowest BCUT2D eigenvalue weighted by Gasteiger charge is -2.12. The Balaban J connectivity index is 0.000000281. The van der Waals surface area contributed by atoms with Crippen molar-refractivity contribution in [2.45, 2.75) is 143 Å². The summed E-state index contributed by atoms with van der Waals surface area (Å²) in [5, 5.41) is 24.3. The van der Waals surface area contributed by atoms with Gasteiger partial charge in [-0.2, -0.15) is 5.26 Å². The van der Waals surface area contributed by atoms with E-state index in [0.717, 1.165) is 141 Å². The summed E-state index contributed by atoms with van der Waals surface area (Å²) < 4.78 is 37.3. The molecule has 0 atom stereocenters. The molecule has 4 aromatic carbocycles. The summed E-state index contributed by atoms with van der Waals surface area (Å²) in [5.41, 5.74) is 27.6. The molecule has 0 aliphatic rings. The Bertz CT molecular complexity index is 3790. The minimum absolute atomic E-state index is 0.0585. The van der Waals surface area contributed by atoms with Crippen molar-refractivity contribution in [2.75, 3.05) is 116 Å². The smallest absolute Gasteiger partial charge is 0.220 e. The zero-order valence-electron chi connectivity index (χ0n) is 58.5. The van der Waals surface area contributed by atoms with Gasteiger partial charge in [0.1, 0.15) is 28.1 Å². The van der Waals surface area contributed by atoms with Crippen molar-refractivity contribution in [1.82, 2.24) is 50.3 Å². The standard InChI is InChI=1S/C38H51N7O5S.C37H53N7O5/c1-2-3-11-33-44-36-37(31-9-4-5-10-32(31)43-38(36)40)45(33)27-30-16-14-29(15-17-30)26-42-35(47)13-6-12-34(46)41-18-7-19-48-21-23-50-24-22-49-20-8-25-51-28-39;1-2-3-11-32-43-35-36(30-9-4-5-10-31(30)42-37(35)39)44(32)27-29-16-14-28(15-17-29)26-41-34(46)13-6-12-33(45)40-19-8-21-48-23-25-49-24-22-47-20-7-18-38/h4-5,9-10,14-17H,2-3,6-8,11-13,18-27H2,1H3,(H2,40,43)(H,41,46)(H,42,47);4-5,9-10,14-17H,2-3,6-8,11-13,18-27,38H2,1H3,(H2,39,42)(H,40,45)(H,41,46). The lowest BCUT2D eigenvalue weighted by Crippen LogP contribution is -2.26. The Morgan fingerprint density at radius 1 is 0.450 bits per heavy atom. The molecule has 100 heavy (non-hydrogen) atoms. The maximum atomic E-state index is 12.5. The van der Waals surface area contributed by atoms with Gasteiger partial charge in [-0.25, -0.2) is 19.9 Å². The van der Waals surface area contributed by atoms with Crippen LogP contribution < -0.4 is 38.5 Å². The molecule has 0 aliphatic heterocycles. The number of nitrogens with one attached hydrogen (secondary N) is 4. The maximum absolute atomic E-state index is 12.5. The second-order valence-electron chi connectivity index (χ2n) is 24.3. The molecule has 0 saturated heterocycles. The molecule has 8 rings (SSSR count). The van der Waals surface area contributed by atoms with E-state index in [1.807, 2.05) is 66.1 Å². The first-order valence-electron chi connectivity index (χ1n) is 35.5. The predicted octanol–water partition coefficient (Wildman–Crippen LogP) is 9.75. The number of aromatic nitrogens is 6. The number of nitriles is 1. The van der Waals surface area contributed by atoms with Crippen LogP contribution in [0.5, 0.6) is 0 Å². The largest absolute Gasteiger partial charge is 0.382 e. The highest BCUT2D eigenvalue weighted by Crippen LogP contribution is 2.32. The van der Waals surface area contributed by atoms with Crippen molar-refractivity contribution < 1.29 is 47.6 Å². The van der Waals surface area contributed by atoms with E-state index in [1.54, 1.807) is 0 Å². The number of hydrogen-bond donors (Lipinski definition) is 7. The van der Waals surface area contributed by atoms with Crippen LogP contribution in [0, 0.1) is 10.7 Å². The normalized spacial score (nSPS) is 11.3. The molecular weight excluding hydrogens is 1290 g/mol. The van der Waals surface area contributed by atoms with Gasteiger partial charge < -0.3 is 76.0 Å². The molecule has 0 aliphatic carbocycles. The quantitative estimate of drug-likeness (QED) is 0.0138. The molecule has 540 valence electrons. The van der Waals surface area contributed by atoms with Gasteiger partial charge >= 0.3 is 0 Å². The number of hydrogen-bond acceptors (Lipinski definition) is 19. The molecule has 10 N–H and O–H groups in total. The second kappa shape index (κ2) is 46.2. The number of anilines is 2. The van der Waals surface area contributed by atoms with Crippen LogP contribution in [-0.2, 0) is 86.6 Å². The molecule has 0 spiro atoms. The van der Waals surface area contributed by atoms with Crippen LogP contribution in [0.25, 0.3) is 43.9 Å². The first-order valence-corrected chi connectivity index (χ1v) is 36.4. The third-order valence-corrected chi connectivity index (χ3v) is 17.0. The number of carbonyl (C=O) groups excluding carboxylic acids is 4. The van der Waals surface area contributed by atoms with Gasteiger partial charge in [0.2, 0.25) is 23.6 Å². The monoisotopic (exact) mass is 1390 g/mol. The van der Waals surface area contributed by atoms with Gasteiger partial charge in [0, 0.05) is 121 Å². The molecule has 0 radical (unpaired) electrons. The van der Waals surface area contributed by atoms with Crippen molar-refractivity contribution >= 4 is 90.9 Å². The van der Waals surface area contributed by atoms with Gasteiger partial charge in [0.25, 0.3) is 0 Å². The van der Waals surface area contributed by atoms with Gasteiger partial charge in [-0.05, 0) is 104 Å². The molecule has 4 heterocycles. The molecule has 0 fully saturated rings. The number of amides is 4. The highest BCUT2D eigenvalue weighted by atomic mass is 32.2. The fraction of sp³-hybridized carbons (Fsp3) is 0.507. The highest BCUT2D eigenvalue weighted by Gasteiger charge is 2.20. The van der Waals surface area contributed by atoms with E-state index < -0.39 is 0 Å². The molecular formula is C75H104N14O10S. The zero-order chi connectivity index (χ0) is 70.8. The van der Waals surface area contributed by atoms with E-state index in [9.17, 15) is 19.2 Å². The summed E-state index contributed by atoms with van der Waals surface area (Å²) in [6.07, 6.45) is 11.3. The predicted molar refractivity (Wildman–Crippen MR) is 395 cm³/mol. The molecule has 0 bridgehead atoms. The number of nitrogens with zero attached hydrogens (tertiary/aromatic N) is 7. The van der Waals surface area contributed by atoms with Crippen molar-refractivity contribution in [2.24, 2.45) is 5.73 Å². The number of pyridine rings is 2. The lowest BCUT2D eigenvalue weighted by atomic mass is 10.1. The number of rotatable bonds is 49. The number of thioether (sulfide) groups is 1. The van der Waals surface area contributed by atoms with Gasteiger partial charge in [0.05, 0.1) is 74.9 Å². The Morgan fingerprint density at radius 3 is 1.20 bits per heavy atom. The van der Waals surface area contributed by atoms with Crippen LogP contribution in [0.15, 0.2) is 97.1 Å². The number of nitrogen functional groups attached to an aromatic ring is 2. The van der Waals surface area contributed by atoms with Crippen molar-refractivity contribution in [3.8, 4) is 5.40 Å². The molecule has 4 amide bonds. The fourth-order valence-electron chi connectivity index (χ4n) is 11.0. The average molecular weight is 1390 g/mol. The summed E-state index contributed by atoms with van der Waals surface area (Å²) in [5.74, 6) is 3.42. The van der Waals surface area contributed by atoms with Gasteiger partial charge in [0.15, 0.2) is 11.6 Å². The number of ether oxygens (including phenoxy) is 6. The number of nitrogens with two attached hydrogens (primary N) is 3. The Morgan fingerprint density at radius 2 is 0.810 bits per heavy atom. The molecule has 0 unspecified atom stereocenters. The number of thiocyanates is 1. The van der Waals surface area contributed by atoms with Gasteiger partial charge in [-0.1, -0.05) is 112 Å². The summed E-state index contributed by atoms with van der Waals surface area (Å²) >= 11 is 1.24. The number of aryl methyl sites for hydroxylation is 2. The number of para-hydroxylation sites is 2. The van der Waals surface area contributed by atoms with Crippen LogP contribution in [0.2, 0.25) is 0 Å². The first kappa shape index (κ1) is 79.0. The van der Waals surface area contributed by atoms with E-state index in [0.29, 0.717) is 182 Å². The number of carbonyl (C=O) groups is 4. The topological polar surface area (TPSA) is 335 Å². The van der Waals surface area contributed by atoms with E-state index in [1.165, 1.54) is 11.8 Å². The van der Waals surface area contributed by atoms with E-state index in [-0.39, 0.29) is 23.6 Å². The van der Waals surface area contributed by atoms with Gasteiger partial charge in [-0.15, -0.1) is 0 Å². The second-order valence-corrected chi connectivity index (χ2v) is 25.1. The number of imidazole rings is 2. The number of benzene rings is 4. The van der Waals surface area contributed by atoms with Gasteiger partial charge in [-0.3, -0.25) is 19.2 Å². The van der Waals surface area contributed by atoms with Crippen molar-refractivity contribution in [1.29, 1.82) is 5.26 Å². The highest BCUT2D eigenvalue weighted by molar-refractivity contribution is 8.03. The molecule has 25 heteroatoms. The average Bonchev–Trinajstić information content (AvgIpc) is 1.59. The van der Waals surface area contributed by atoms with Crippen LogP contribution in [0.1, 0.15) is 138 Å². The lowest BCUT2D eigenvalue weighted by molar-refractivity contribution is -0.124. The summed E-state index contributed by atoms with van der Waals surface area (Å²) in [7, 11) is 0. The van der Waals surface area contributed by atoms with Crippen LogP contribution in [-0.4, -0.2) is 157 Å². The van der Waals surface area contributed by atoms with E-state index in [4.69, 9.17) is 60.9 Å². The SMILES string of the molecule is CCCCc1nc2c(N)nc3ccccc3c2n1Cc1ccc(CNC(=O)CCCC(=O)NCCCOCCOCCOCCCN)cc1.CCCCc1nc2c(N)nc3ccccc3c2n1Cc1ccc(CNC(=O)CCCC(=O)NCCCOCCOCCOCCCSC#N)cc1. The molecule has 0 saturated carbocycles. The number of fused-ring (bicyclic) bond motifs is 6. The Kier molecular flexibility index (Phi) is 36.5. The summed E-state index contributed by atoms with van der Waals surface area (Å²) in [4.78, 5) is 68.2. The first-order chi connectivity index (χ1) is 49.0. The Hall–Kier alpha value is -8.32. The van der Waals surface area contributed by atoms with Crippen LogP contribution >= 0.6 is 11.8 Å². The van der Waals surface area contributed by atoms with E-state index >= 15 is 0 Å². The summed E-state index contributed by atoms with van der Waals surface area (Å²) in [6, 6.07) is 32.6. The fourth-order valence-corrected chi connectivity index (χ4v) is 11.4. The Labute approximate surface area is 592 Å². The maximum Gasteiger partial charge on any atom is 0.220 e. The third-order valence-electron chi connectivity index (χ3n) is 16.4.